The molecule has 0 radical (unpaired) electrons. The van der Waals surface area contributed by atoms with Crippen LogP contribution in [0.4, 0.5) is 0 Å². The molecule has 0 unspecified atom stereocenters. The number of ether oxygens (including phenoxy) is 2. The Kier molecular flexibility index (Phi) is 5.68. The van der Waals surface area contributed by atoms with Gasteiger partial charge in [-0.05, 0) is 19.1 Å². The van der Waals surface area contributed by atoms with E-state index in [0.717, 1.165) is 5.01 Å². The van der Waals surface area contributed by atoms with Crippen molar-refractivity contribution in [3.8, 4) is 11.5 Å². The van der Waals surface area contributed by atoms with Gasteiger partial charge in [-0.2, -0.15) is 4.31 Å². The van der Waals surface area contributed by atoms with Crippen LogP contribution >= 0.6 is 11.3 Å². The third kappa shape index (κ3) is 3.92. The fraction of sp³-hybridized carbons (Fsp3) is 0.412. The summed E-state index contributed by atoms with van der Waals surface area (Å²) in [7, 11) is -0.728. The van der Waals surface area contributed by atoms with Crippen LogP contribution in [0.5, 0.6) is 11.5 Å². The maximum absolute atomic E-state index is 12.9. The summed E-state index contributed by atoms with van der Waals surface area (Å²) < 4.78 is 37.6. The SMILES string of the molecule is COc1ccc(S(=O)(=O)N2CCN(C(=O)c3cnc(C)s3)CC2)cc1OC. The van der Waals surface area contributed by atoms with E-state index in [9.17, 15) is 13.2 Å². The largest absolute Gasteiger partial charge is 0.493 e. The van der Waals surface area contributed by atoms with Crippen LogP contribution in [0.2, 0.25) is 0 Å². The van der Waals surface area contributed by atoms with Crippen LogP contribution in [0.15, 0.2) is 29.3 Å². The van der Waals surface area contributed by atoms with Crippen molar-refractivity contribution >= 4 is 27.3 Å². The van der Waals surface area contributed by atoms with Crippen molar-refractivity contribution in [3.05, 3.63) is 34.3 Å². The van der Waals surface area contributed by atoms with Crippen LogP contribution in [-0.4, -0.2) is 68.9 Å². The van der Waals surface area contributed by atoms with Gasteiger partial charge in [-0.25, -0.2) is 13.4 Å². The summed E-state index contributed by atoms with van der Waals surface area (Å²) in [5.41, 5.74) is 0. The second-order valence-electron chi connectivity index (χ2n) is 5.96. The smallest absolute Gasteiger partial charge is 0.265 e. The molecule has 8 nitrogen and oxygen atoms in total. The predicted octanol–water partition coefficient (Wildman–Crippen LogP) is 1.62. The van der Waals surface area contributed by atoms with Crippen LogP contribution in [0.3, 0.4) is 0 Å². The van der Waals surface area contributed by atoms with Gasteiger partial charge >= 0.3 is 0 Å². The Morgan fingerprint density at radius 1 is 1.11 bits per heavy atom. The lowest BCUT2D eigenvalue weighted by molar-refractivity contribution is 0.0702. The number of thiazole rings is 1. The molecule has 0 bridgehead atoms. The highest BCUT2D eigenvalue weighted by Crippen LogP contribution is 2.31. The molecule has 27 heavy (non-hydrogen) atoms. The van der Waals surface area contributed by atoms with Gasteiger partial charge in [-0.15, -0.1) is 11.3 Å². The second kappa shape index (κ2) is 7.83. The van der Waals surface area contributed by atoms with Gasteiger partial charge < -0.3 is 14.4 Å². The number of aromatic nitrogens is 1. The maximum Gasteiger partial charge on any atom is 0.265 e. The van der Waals surface area contributed by atoms with Crippen LogP contribution in [0, 0.1) is 6.92 Å². The van der Waals surface area contributed by atoms with Gasteiger partial charge in [-0.1, -0.05) is 0 Å². The van der Waals surface area contributed by atoms with Crippen LogP contribution < -0.4 is 9.47 Å². The topological polar surface area (TPSA) is 89.0 Å². The number of methoxy groups -OCH3 is 2. The third-order valence-corrected chi connectivity index (χ3v) is 7.15. The first-order valence-electron chi connectivity index (χ1n) is 8.30. The molecule has 1 amide bonds. The molecule has 0 spiro atoms. The average molecular weight is 412 g/mol. The van der Waals surface area contributed by atoms with Crippen molar-refractivity contribution in [1.82, 2.24) is 14.2 Å². The number of carbonyl (C=O) groups excluding carboxylic acids is 1. The van der Waals surface area contributed by atoms with Crippen LogP contribution in [0.1, 0.15) is 14.7 Å². The number of benzene rings is 1. The minimum absolute atomic E-state index is 0.108. The summed E-state index contributed by atoms with van der Waals surface area (Å²) in [6.45, 7) is 2.99. The van der Waals surface area contributed by atoms with Crippen molar-refractivity contribution in [1.29, 1.82) is 0 Å². The van der Waals surface area contributed by atoms with Crippen molar-refractivity contribution in [2.45, 2.75) is 11.8 Å². The van der Waals surface area contributed by atoms with E-state index in [0.29, 0.717) is 29.5 Å². The molecule has 146 valence electrons. The van der Waals surface area contributed by atoms with Gasteiger partial charge in [0.05, 0.1) is 30.3 Å². The first kappa shape index (κ1) is 19.6. The Labute approximate surface area is 162 Å². The zero-order valence-electron chi connectivity index (χ0n) is 15.3. The highest BCUT2D eigenvalue weighted by molar-refractivity contribution is 7.89. The summed E-state index contributed by atoms with van der Waals surface area (Å²) in [4.78, 5) is 19.0. The molecular formula is C17H21N3O5S2. The molecule has 1 fully saturated rings. The number of nitrogens with zero attached hydrogens (tertiary/aromatic N) is 3. The second-order valence-corrected chi connectivity index (χ2v) is 9.13. The van der Waals surface area contributed by atoms with E-state index < -0.39 is 10.0 Å². The van der Waals surface area contributed by atoms with Gasteiger partial charge in [0, 0.05) is 32.2 Å². The average Bonchev–Trinajstić information content (AvgIpc) is 3.13. The molecule has 3 rings (SSSR count). The van der Waals surface area contributed by atoms with E-state index in [1.165, 1.54) is 42.0 Å². The molecular weight excluding hydrogens is 390 g/mol. The minimum Gasteiger partial charge on any atom is -0.493 e. The van der Waals surface area contributed by atoms with Gasteiger partial charge in [0.2, 0.25) is 10.0 Å². The molecule has 1 aliphatic heterocycles. The highest BCUT2D eigenvalue weighted by atomic mass is 32.2. The number of hydrogen-bond acceptors (Lipinski definition) is 7. The zero-order valence-corrected chi connectivity index (χ0v) is 17.0. The first-order chi connectivity index (χ1) is 12.9. The minimum atomic E-state index is -3.68. The fourth-order valence-electron chi connectivity index (χ4n) is 2.87. The van der Waals surface area contributed by atoms with Crippen molar-refractivity contribution < 1.29 is 22.7 Å². The van der Waals surface area contributed by atoms with Gasteiger partial charge in [0.25, 0.3) is 5.91 Å². The molecule has 0 aliphatic carbocycles. The molecule has 2 heterocycles. The van der Waals surface area contributed by atoms with Gasteiger partial charge in [0.1, 0.15) is 4.88 Å². The number of hydrogen-bond donors (Lipinski definition) is 0. The third-order valence-electron chi connectivity index (χ3n) is 4.35. The lowest BCUT2D eigenvalue weighted by Gasteiger charge is -2.33. The molecule has 0 atom stereocenters. The van der Waals surface area contributed by atoms with E-state index in [2.05, 4.69) is 4.98 Å². The lowest BCUT2D eigenvalue weighted by atomic mass is 10.3. The van der Waals surface area contributed by atoms with E-state index in [-0.39, 0.29) is 23.9 Å². The maximum atomic E-state index is 12.9. The summed E-state index contributed by atoms with van der Waals surface area (Å²) >= 11 is 1.34. The summed E-state index contributed by atoms with van der Waals surface area (Å²) in [6.07, 6.45) is 1.56. The Balaban J connectivity index is 1.72. The fourth-order valence-corrected chi connectivity index (χ4v) is 5.06. The zero-order chi connectivity index (χ0) is 19.6. The van der Waals surface area contributed by atoms with Crippen molar-refractivity contribution in [2.75, 3.05) is 40.4 Å². The van der Waals surface area contributed by atoms with Crippen molar-refractivity contribution in [2.24, 2.45) is 0 Å². The molecule has 2 aromatic rings. The number of piperazine rings is 1. The highest BCUT2D eigenvalue weighted by Gasteiger charge is 2.31. The number of carbonyl (C=O) groups is 1. The molecule has 1 aliphatic rings. The van der Waals surface area contributed by atoms with Crippen LogP contribution in [-0.2, 0) is 10.0 Å². The number of sulfonamides is 1. The number of amides is 1. The number of rotatable bonds is 5. The Morgan fingerprint density at radius 2 is 1.78 bits per heavy atom. The van der Waals surface area contributed by atoms with E-state index in [4.69, 9.17) is 9.47 Å². The Hall–Kier alpha value is -2.17. The molecule has 0 N–H and O–H groups in total. The van der Waals surface area contributed by atoms with Crippen LogP contribution in [0.25, 0.3) is 0 Å². The summed E-state index contributed by atoms with van der Waals surface area (Å²) in [5, 5.41) is 0.827. The van der Waals surface area contributed by atoms with E-state index >= 15 is 0 Å². The van der Waals surface area contributed by atoms with E-state index in [1.54, 1.807) is 17.2 Å². The summed E-state index contributed by atoms with van der Waals surface area (Å²) in [5.74, 6) is 0.712. The standard InChI is InChI=1S/C17H21N3O5S2/c1-12-18-11-16(26-12)17(21)19-6-8-20(9-7-19)27(22,23)13-4-5-14(24-2)15(10-13)25-3/h4-5,10-11H,6-9H2,1-3H3. The monoisotopic (exact) mass is 411 g/mol. The number of aryl methyl sites for hydroxylation is 1. The lowest BCUT2D eigenvalue weighted by Crippen LogP contribution is -2.50. The van der Waals surface area contributed by atoms with Crippen molar-refractivity contribution in [3.63, 3.8) is 0 Å². The molecule has 1 aromatic carbocycles. The molecule has 10 heteroatoms. The molecule has 0 saturated carbocycles. The first-order valence-corrected chi connectivity index (χ1v) is 10.6. The molecule has 1 saturated heterocycles. The van der Waals surface area contributed by atoms with E-state index in [1.807, 2.05) is 6.92 Å². The van der Waals surface area contributed by atoms with Gasteiger partial charge in [0.15, 0.2) is 11.5 Å². The predicted molar refractivity (Wildman–Crippen MR) is 101 cm³/mol. The van der Waals surface area contributed by atoms with Gasteiger partial charge in [-0.3, -0.25) is 4.79 Å². The Morgan fingerprint density at radius 3 is 2.33 bits per heavy atom. The quantitative estimate of drug-likeness (QED) is 0.743. The summed E-state index contributed by atoms with van der Waals surface area (Å²) in [6, 6.07) is 4.51. The normalized spacial score (nSPS) is 15.6. The molecule has 1 aromatic heterocycles. The Bertz CT molecular complexity index is 934.